The molecule has 25 heavy (non-hydrogen) atoms. The molecular formula is C19H24N2O3S. The second-order valence-electron chi connectivity index (χ2n) is 5.63. The molecule has 1 unspecified atom stereocenters. The van der Waals surface area contributed by atoms with Crippen molar-refractivity contribution in [2.45, 2.75) is 32.7 Å². The molecule has 1 atom stereocenters. The van der Waals surface area contributed by atoms with Crippen LogP contribution in [-0.4, -0.2) is 25.0 Å². The van der Waals surface area contributed by atoms with E-state index < -0.39 is 0 Å². The Morgan fingerprint density at radius 2 is 1.96 bits per heavy atom. The first kappa shape index (κ1) is 19.0. The normalized spacial score (nSPS) is 11.6. The van der Waals surface area contributed by atoms with Gasteiger partial charge in [0.1, 0.15) is 5.75 Å². The van der Waals surface area contributed by atoms with Crippen LogP contribution in [-0.2, 0) is 4.79 Å². The standard InChI is InChI=1S/C19H24N2O3S/c1-3-24-16-10-8-15(9-11-16)14(2)21-18(22)7-4-12-20-19(23)17-6-5-13-25-17/h5-6,8-11,13-14H,3-4,7,12H2,1-2H3,(H,20,23)(H,21,22). The molecule has 0 saturated carbocycles. The molecule has 0 aliphatic rings. The molecule has 2 aromatic rings. The van der Waals surface area contributed by atoms with Gasteiger partial charge in [-0.2, -0.15) is 0 Å². The predicted octanol–water partition coefficient (Wildman–Crippen LogP) is 3.53. The van der Waals surface area contributed by atoms with Crippen molar-refractivity contribution < 1.29 is 14.3 Å². The zero-order valence-corrected chi connectivity index (χ0v) is 15.4. The van der Waals surface area contributed by atoms with Crippen LogP contribution in [0, 0.1) is 0 Å². The van der Waals surface area contributed by atoms with Crippen LogP contribution in [0.25, 0.3) is 0 Å². The van der Waals surface area contributed by atoms with Gasteiger partial charge in [0.15, 0.2) is 0 Å². The van der Waals surface area contributed by atoms with E-state index in [0.29, 0.717) is 30.9 Å². The van der Waals surface area contributed by atoms with Crippen LogP contribution in [0.4, 0.5) is 0 Å². The van der Waals surface area contributed by atoms with Crippen molar-refractivity contribution in [1.29, 1.82) is 0 Å². The summed E-state index contributed by atoms with van der Waals surface area (Å²) in [5.41, 5.74) is 1.03. The first-order valence-corrected chi connectivity index (χ1v) is 9.32. The van der Waals surface area contributed by atoms with Crippen molar-refractivity contribution in [2.24, 2.45) is 0 Å². The third-order valence-electron chi connectivity index (χ3n) is 3.68. The van der Waals surface area contributed by atoms with E-state index in [1.54, 1.807) is 6.07 Å². The summed E-state index contributed by atoms with van der Waals surface area (Å²) in [6, 6.07) is 11.3. The van der Waals surface area contributed by atoms with Crippen molar-refractivity contribution in [3.05, 3.63) is 52.2 Å². The molecule has 0 spiro atoms. The average Bonchev–Trinajstić information content (AvgIpc) is 3.14. The van der Waals surface area contributed by atoms with Gasteiger partial charge in [0, 0.05) is 13.0 Å². The Morgan fingerprint density at radius 1 is 1.20 bits per heavy atom. The quantitative estimate of drug-likeness (QED) is 0.672. The highest BCUT2D eigenvalue weighted by Crippen LogP contribution is 2.17. The number of thiophene rings is 1. The maximum Gasteiger partial charge on any atom is 0.261 e. The molecule has 0 aliphatic heterocycles. The van der Waals surface area contributed by atoms with Gasteiger partial charge < -0.3 is 15.4 Å². The smallest absolute Gasteiger partial charge is 0.261 e. The maximum absolute atomic E-state index is 12.0. The molecule has 6 heteroatoms. The Hall–Kier alpha value is -2.34. The van der Waals surface area contributed by atoms with Crippen LogP contribution in [0.2, 0.25) is 0 Å². The Balaban J connectivity index is 1.68. The van der Waals surface area contributed by atoms with Crippen LogP contribution in [0.15, 0.2) is 41.8 Å². The first-order chi connectivity index (χ1) is 12.1. The number of hydrogen-bond acceptors (Lipinski definition) is 4. The summed E-state index contributed by atoms with van der Waals surface area (Å²) >= 11 is 1.41. The van der Waals surface area contributed by atoms with E-state index in [1.807, 2.05) is 49.6 Å². The Bertz CT molecular complexity index is 668. The molecule has 0 radical (unpaired) electrons. The summed E-state index contributed by atoms with van der Waals surface area (Å²) in [6.07, 6.45) is 0.991. The summed E-state index contributed by atoms with van der Waals surface area (Å²) in [5, 5.41) is 7.66. The summed E-state index contributed by atoms with van der Waals surface area (Å²) < 4.78 is 5.41. The third kappa shape index (κ3) is 6.23. The molecule has 1 aromatic carbocycles. The van der Waals surface area contributed by atoms with Crippen LogP contribution in [0.5, 0.6) is 5.75 Å². The highest BCUT2D eigenvalue weighted by atomic mass is 32.1. The molecule has 0 bridgehead atoms. The van der Waals surface area contributed by atoms with Crippen molar-refractivity contribution in [1.82, 2.24) is 10.6 Å². The predicted molar refractivity (Wildman–Crippen MR) is 100 cm³/mol. The molecule has 1 heterocycles. The van der Waals surface area contributed by atoms with E-state index in [9.17, 15) is 9.59 Å². The van der Waals surface area contributed by atoms with Crippen LogP contribution in [0.1, 0.15) is 48.0 Å². The van der Waals surface area contributed by atoms with Gasteiger partial charge in [0.2, 0.25) is 5.91 Å². The SMILES string of the molecule is CCOc1ccc(C(C)NC(=O)CCCNC(=O)c2cccs2)cc1. The number of ether oxygens (including phenoxy) is 1. The monoisotopic (exact) mass is 360 g/mol. The number of hydrogen-bond donors (Lipinski definition) is 2. The largest absolute Gasteiger partial charge is 0.494 e. The minimum absolute atomic E-state index is 0.0215. The van der Waals surface area contributed by atoms with E-state index in [2.05, 4.69) is 10.6 Å². The van der Waals surface area contributed by atoms with Crippen molar-refractivity contribution >= 4 is 23.2 Å². The lowest BCUT2D eigenvalue weighted by molar-refractivity contribution is -0.121. The first-order valence-electron chi connectivity index (χ1n) is 8.44. The average molecular weight is 360 g/mol. The summed E-state index contributed by atoms with van der Waals surface area (Å²) in [6.45, 7) is 5.02. The lowest BCUT2D eigenvalue weighted by atomic mass is 10.1. The van der Waals surface area contributed by atoms with E-state index in [0.717, 1.165) is 11.3 Å². The molecule has 5 nitrogen and oxygen atoms in total. The second kappa shape index (κ2) is 9.84. The van der Waals surface area contributed by atoms with Gasteiger partial charge in [0.25, 0.3) is 5.91 Å². The van der Waals surface area contributed by atoms with E-state index in [1.165, 1.54) is 11.3 Å². The third-order valence-corrected chi connectivity index (χ3v) is 4.55. The summed E-state index contributed by atoms with van der Waals surface area (Å²) in [7, 11) is 0. The van der Waals surface area contributed by atoms with Gasteiger partial charge in [0.05, 0.1) is 17.5 Å². The molecule has 2 N–H and O–H groups in total. The van der Waals surface area contributed by atoms with Gasteiger partial charge in [-0.15, -0.1) is 11.3 Å². The maximum atomic E-state index is 12.0. The molecule has 134 valence electrons. The van der Waals surface area contributed by atoms with Crippen molar-refractivity contribution in [3.63, 3.8) is 0 Å². The zero-order valence-electron chi connectivity index (χ0n) is 14.6. The molecule has 0 saturated heterocycles. The highest BCUT2D eigenvalue weighted by Gasteiger charge is 2.10. The van der Waals surface area contributed by atoms with Gasteiger partial charge in [-0.1, -0.05) is 18.2 Å². The van der Waals surface area contributed by atoms with Gasteiger partial charge in [-0.3, -0.25) is 9.59 Å². The Labute approximate surface area is 152 Å². The minimum atomic E-state index is -0.0850. The lowest BCUT2D eigenvalue weighted by Crippen LogP contribution is -2.28. The van der Waals surface area contributed by atoms with Gasteiger partial charge >= 0.3 is 0 Å². The van der Waals surface area contributed by atoms with Crippen molar-refractivity contribution in [2.75, 3.05) is 13.2 Å². The Kier molecular flexibility index (Phi) is 7.47. The summed E-state index contributed by atoms with van der Waals surface area (Å²) in [4.78, 5) is 24.5. The highest BCUT2D eigenvalue weighted by molar-refractivity contribution is 7.12. The molecule has 0 aliphatic carbocycles. The second-order valence-corrected chi connectivity index (χ2v) is 6.58. The number of nitrogens with one attached hydrogen (secondary N) is 2. The summed E-state index contributed by atoms with van der Waals surface area (Å²) in [5.74, 6) is 0.719. The fourth-order valence-electron chi connectivity index (χ4n) is 2.36. The number of carbonyl (C=O) groups excluding carboxylic acids is 2. The topological polar surface area (TPSA) is 67.4 Å². The van der Waals surface area contributed by atoms with E-state index in [4.69, 9.17) is 4.74 Å². The van der Waals surface area contributed by atoms with Crippen LogP contribution in [0.3, 0.4) is 0 Å². The van der Waals surface area contributed by atoms with Gasteiger partial charge in [-0.25, -0.2) is 0 Å². The molecule has 2 rings (SSSR count). The minimum Gasteiger partial charge on any atom is -0.494 e. The number of amides is 2. The molecule has 2 amide bonds. The fourth-order valence-corrected chi connectivity index (χ4v) is 3.00. The lowest BCUT2D eigenvalue weighted by Gasteiger charge is -2.15. The number of rotatable bonds is 9. The number of benzene rings is 1. The van der Waals surface area contributed by atoms with Crippen LogP contribution < -0.4 is 15.4 Å². The zero-order chi connectivity index (χ0) is 18.1. The molecule has 0 fully saturated rings. The van der Waals surface area contributed by atoms with E-state index in [-0.39, 0.29) is 17.9 Å². The van der Waals surface area contributed by atoms with Crippen molar-refractivity contribution in [3.8, 4) is 5.75 Å². The molecular weight excluding hydrogens is 336 g/mol. The van der Waals surface area contributed by atoms with E-state index >= 15 is 0 Å². The fraction of sp³-hybridized carbons (Fsp3) is 0.368. The Morgan fingerprint density at radius 3 is 2.60 bits per heavy atom. The van der Waals surface area contributed by atoms with Gasteiger partial charge in [-0.05, 0) is 49.4 Å². The van der Waals surface area contributed by atoms with Crippen LogP contribution >= 0.6 is 11.3 Å². The molecule has 1 aromatic heterocycles. The number of carbonyl (C=O) groups is 2.